The van der Waals surface area contributed by atoms with Gasteiger partial charge in [0.25, 0.3) is 0 Å². The van der Waals surface area contributed by atoms with Crippen molar-refractivity contribution in [2.45, 2.75) is 60.9 Å². The van der Waals surface area contributed by atoms with E-state index in [0.717, 1.165) is 28.5 Å². The standard InChI is InChI=1S/C22H29N3/c1-14-12-19(24-20(13-14)18(5)25-22(6,7)8)17(4)23-21-15(2)10-9-11-16(21)3/h9-13H,1-8H3. The fourth-order valence-electron chi connectivity index (χ4n) is 2.81. The van der Waals surface area contributed by atoms with Crippen molar-refractivity contribution in [1.29, 1.82) is 0 Å². The molecule has 2 aromatic rings. The fraction of sp³-hybridized carbons (Fsp3) is 0.409. The molecule has 132 valence electrons. The molecule has 0 aliphatic heterocycles. The Morgan fingerprint density at radius 1 is 0.880 bits per heavy atom. The predicted molar refractivity (Wildman–Crippen MR) is 109 cm³/mol. The number of aliphatic imine (C=N–C) groups is 2. The van der Waals surface area contributed by atoms with Crippen LogP contribution in [0.3, 0.4) is 0 Å². The normalized spacial score (nSPS) is 13.3. The van der Waals surface area contributed by atoms with Gasteiger partial charge in [-0.2, -0.15) is 0 Å². The van der Waals surface area contributed by atoms with Crippen LogP contribution in [0.5, 0.6) is 0 Å². The third-order valence-corrected chi connectivity index (χ3v) is 3.93. The van der Waals surface area contributed by atoms with E-state index >= 15 is 0 Å². The third kappa shape index (κ3) is 5.09. The molecule has 0 spiro atoms. The Kier molecular flexibility index (Phi) is 5.56. The van der Waals surface area contributed by atoms with E-state index in [1.54, 1.807) is 0 Å². The van der Waals surface area contributed by atoms with E-state index < -0.39 is 0 Å². The Hall–Kier alpha value is -2.29. The molecule has 0 aliphatic carbocycles. The summed E-state index contributed by atoms with van der Waals surface area (Å²) in [7, 11) is 0. The summed E-state index contributed by atoms with van der Waals surface area (Å²) in [5.41, 5.74) is 8.14. The van der Waals surface area contributed by atoms with Crippen LogP contribution < -0.4 is 0 Å². The van der Waals surface area contributed by atoms with E-state index in [0.29, 0.717) is 0 Å². The van der Waals surface area contributed by atoms with Crippen LogP contribution in [-0.2, 0) is 0 Å². The number of hydrogen-bond donors (Lipinski definition) is 0. The van der Waals surface area contributed by atoms with Gasteiger partial charge >= 0.3 is 0 Å². The van der Waals surface area contributed by atoms with Crippen LogP contribution >= 0.6 is 0 Å². The quantitative estimate of drug-likeness (QED) is 0.657. The van der Waals surface area contributed by atoms with Gasteiger partial charge in [0, 0.05) is 0 Å². The molecule has 3 nitrogen and oxygen atoms in total. The summed E-state index contributed by atoms with van der Waals surface area (Å²) < 4.78 is 0. The molecule has 0 saturated carbocycles. The van der Waals surface area contributed by atoms with Gasteiger partial charge in [0.2, 0.25) is 0 Å². The molecule has 1 aromatic heterocycles. The molecule has 0 aliphatic rings. The molecule has 0 bridgehead atoms. The number of rotatable bonds is 3. The van der Waals surface area contributed by atoms with Crippen molar-refractivity contribution >= 4 is 17.1 Å². The number of nitrogens with zero attached hydrogens (tertiary/aromatic N) is 3. The van der Waals surface area contributed by atoms with E-state index in [4.69, 9.17) is 15.0 Å². The van der Waals surface area contributed by atoms with Gasteiger partial charge in [-0.3, -0.25) is 9.98 Å². The van der Waals surface area contributed by atoms with Crippen molar-refractivity contribution < 1.29 is 0 Å². The second kappa shape index (κ2) is 7.30. The maximum atomic E-state index is 4.86. The van der Waals surface area contributed by atoms with Crippen molar-refractivity contribution in [1.82, 2.24) is 4.98 Å². The van der Waals surface area contributed by atoms with Crippen molar-refractivity contribution in [2.75, 3.05) is 0 Å². The fourth-order valence-corrected chi connectivity index (χ4v) is 2.81. The Morgan fingerprint density at radius 3 is 1.92 bits per heavy atom. The monoisotopic (exact) mass is 335 g/mol. The summed E-state index contributed by atoms with van der Waals surface area (Å²) >= 11 is 0. The molecule has 25 heavy (non-hydrogen) atoms. The zero-order chi connectivity index (χ0) is 18.8. The number of benzene rings is 1. The summed E-state index contributed by atoms with van der Waals surface area (Å²) in [4.78, 5) is 14.4. The third-order valence-electron chi connectivity index (χ3n) is 3.93. The molecular formula is C22H29N3. The Morgan fingerprint density at radius 2 is 1.40 bits per heavy atom. The van der Waals surface area contributed by atoms with E-state index in [9.17, 15) is 0 Å². The van der Waals surface area contributed by atoms with Crippen LogP contribution in [0.1, 0.15) is 62.7 Å². The SMILES string of the molecule is CC(=Nc1c(C)cccc1C)c1cc(C)cc(C(C)=NC(C)(C)C)n1. The zero-order valence-corrected chi connectivity index (χ0v) is 16.7. The lowest BCUT2D eigenvalue weighted by Crippen LogP contribution is -2.15. The van der Waals surface area contributed by atoms with Crippen molar-refractivity contribution in [3.8, 4) is 0 Å². The van der Waals surface area contributed by atoms with E-state index in [1.807, 2.05) is 13.8 Å². The van der Waals surface area contributed by atoms with Crippen molar-refractivity contribution in [3.63, 3.8) is 0 Å². The maximum absolute atomic E-state index is 4.86. The molecule has 0 unspecified atom stereocenters. The number of aryl methyl sites for hydroxylation is 3. The van der Waals surface area contributed by atoms with E-state index in [2.05, 4.69) is 71.9 Å². The van der Waals surface area contributed by atoms with Crippen molar-refractivity contribution in [3.05, 3.63) is 58.4 Å². The Labute approximate surface area is 152 Å². The van der Waals surface area contributed by atoms with Crippen LogP contribution in [0.2, 0.25) is 0 Å². The van der Waals surface area contributed by atoms with Gasteiger partial charge in [0.05, 0.1) is 34.0 Å². The lowest BCUT2D eigenvalue weighted by atomic mass is 10.1. The van der Waals surface area contributed by atoms with Gasteiger partial charge in [0.15, 0.2) is 0 Å². The summed E-state index contributed by atoms with van der Waals surface area (Å²) in [5.74, 6) is 0. The number of pyridine rings is 1. The minimum atomic E-state index is -0.114. The topological polar surface area (TPSA) is 37.6 Å². The first-order valence-corrected chi connectivity index (χ1v) is 8.74. The first-order valence-electron chi connectivity index (χ1n) is 8.74. The molecule has 1 aromatic carbocycles. The Bertz CT molecular complexity index is 817. The predicted octanol–water partition coefficient (Wildman–Crippen LogP) is 5.76. The summed E-state index contributed by atoms with van der Waals surface area (Å²) in [6, 6.07) is 10.4. The van der Waals surface area contributed by atoms with Gasteiger partial charge in [-0.15, -0.1) is 0 Å². The Balaban J connectivity index is 2.50. The largest absolute Gasteiger partial charge is 0.282 e. The molecule has 1 heterocycles. The minimum Gasteiger partial charge on any atom is -0.282 e. The maximum Gasteiger partial charge on any atom is 0.0852 e. The molecular weight excluding hydrogens is 306 g/mol. The summed E-state index contributed by atoms with van der Waals surface area (Å²) in [5, 5.41) is 0. The van der Waals surface area contributed by atoms with E-state index in [1.165, 1.54) is 16.7 Å². The highest BCUT2D eigenvalue weighted by Crippen LogP contribution is 2.24. The summed E-state index contributed by atoms with van der Waals surface area (Å²) in [6.07, 6.45) is 0. The molecule has 2 rings (SSSR count). The second-order valence-corrected chi connectivity index (χ2v) is 7.72. The highest BCUT2D eigenvalue weighted by Gasteiger charge is 2.12. The highest BCUT2D eigenvalue weighted by molar-refractivity contribution is 6.02. The van der Waals surface area contributed by atoms with Gasteiger partial charge in [0.1, 0.15) is 0 Å². The molecule has 0 N–H and O–H groups in total. The zero-order valence-electron chi connectivity index (χ0n) is 16.7. The highest BCUT2D eigenvalue weighted by atomic mass is 14.9. The van der Waals surface area contributed by atoms with E-state index in [-0.39, 0.29) is 5.54 Å². The van der Waals surface area contributed by atoms with Crippen molar-refractivity contribution in [2.24, 2.45) is 9.98 Å². The van der Waals surface area contributed by atoms with Crippen LogP contribution in [0, 0.1) is 20.8 Å². The van der Waals surface area contributed by atoms with Gasteiger partial charge in [-0.05, 0) is 84.2 Å². The average Bonchev–Trinajstić information content (AvgIpc) is 2.48. The molecule has 0 saturated heterocycles. The van der Waals surface area contributed by atoms with Crippen LogP contribution in [0.25, 0.3) is 0 Å². The minimum absolute atomic E-state index is 0.114. The molecule has 0 fully saturated rings. The van der Waals surface area contributed by atoms with Crippen LogP contribution in [0.15, 0.2) is 40.3 Å². The molecule has 0 radical (unpaired) electrons. The first-order chi connectivity index (χ1) is 11.6. The first kappa shape index (κ1) is 19.0. The lowest BCUT2D eigenvalue weighted by molar-refractivity contribution is 0.583. The van der Waals surface area contributed by atoms with Gasteiger partial charge in [-0.25, -0.2) is 4.98 Å². The van der Waals surface area contributed by atoms with Gasteiger partial charge in [-0.1, -0.05) is 18.2 Å². The summed E-state index contributed by atoms with van der Waals surface area (Å²) in [6.45, 7) is 16.6. The van der Waals surface area contributed by atoms with Crippen LogP contribution in [0.4, 0.5) is 5.69 Å². The second-order valence-electron chi connectivity index (χ2n) is 7.72. The number of para-hydroxylation sites is 1. The van der Waals surface area contributed by atoms with Crippen LogP contribution in [-0.4, -0.2) is 21.9 Å². The van der Waals surface area contributed by atoms with Gasteiger partial charge < -0.3 is 0 Å². The smallest absolute Gasteiger partial charge is 0.0852 e. The molecule has 3 heteroatoms. The molecule has 0 atom stereocenters. The molecule has 0 amide bonds. The number of hydrogen-bond acceptors (Lipinski definition) is 3. The lowest BCUT2D eigenvalue weighted by Gasteiger charge is -2.15. The number of aromatic nitrogens is 1. The average molecular weight is 335 g/mol.